The van der Waals surface area contributed by atoms with Crippen molar-refractivity contribution < 1.29 is 22.3 Å². The molecule has 0 N–H and O–H groups in total. The lowest BCUT2D eigenvalue weighted by atomic mass is 10.2. The molecule has 0 aromatic heterocycles. The van der Waals surface area contributed by atoms with Crippen LogP contribution in [0.15, 0.2) is 53.4 Å². The maximum absolute atomic E-state index is 13.7. The van der Waals surface area contributed by atoms with Crippen molar-refractivity contribution in [2.45, 2.75) is 11.8 Å². The normalized spacial score (nSPS) is 14.8. The molecule has 0 spiro atoms. The first-order valence-electron chi connectivity index (χ1n) is 9.78. The van der Waals surface area contributed by atoms with E-state index in [1.54, 1.807) is 11.8 Å². The minimum Gasteiger partial charge on any atom is -0.495 e. The van der Waals surface area contributed by atoms with E-state index < -0.39 is 15.8 Å². The number of sulfonamides is 1. The van der Waals surface area contributed by atoms with Crippen molar-refractivity contribution in [3.63, 3.8) is 0 Å². The fourth-order valence-electron chi connectivity index (χ4n) is 3.46. The van der Waals surface area contributed by atoms with E-state index >= 15 is 0 Å². The smallest absolute Gasteiger partial charge is 0.247 e. The molecule has 0 unspecified atom stereocenters. The molecule has 0 atom stereocenters. The van der Waals surface area contributed by atoms with Gasteiger partial charge in [-0.3, -0.25) is 4.79 Å². The van der Waals surface area contributed by atoms with E-state index in [1.807, 2.05) is 30.3 Å². The molecule has 1 heterocycles. The SMILES string of the molecule is CCN(CC(=O)N1CCN(c2ccccc2)CC1)S(=O)(=O)c1cc(F)ccc1OC. The molecule has 1 amide bonds. The maximum atomic E-state index is 13.7. The number of carbonyl (C=O) groups is 1. The van der Waals surface area contributed by atoms with Crippen LogP contribution in [-0.2, 0) is 14.8 Å². The molecule has 3 rings (SSSR count). The Hall–Kier alpha value is -2.65. The molecule has 30 heavy (non-hydrogen) atoms. The molecule has 0 aliphatic carbocycles. The van der Waals surface area contributed by atoms with Gasteiger partial charge >= 0.3 is 0 Å². The molecule has 7 nitrogen and oxygen atoms in total. The van der Waals surface area contributed by atoms with Crippen molar-refractivity contribution >= 4 is 21.6 Å². The van der Waals surface area contributed by atoms with Gasteiger partial charge in [-0.15, -0.1) is 0 Å². The molecule has 1 fully saturated rings. The summed E-state index contributed by atoms with van der Waals surface area (Å²) in [6, 6.07) is 13.3. The van der Waals surface area contributed by atoms with Gasteiger partial charge in [-0.25, -0.2) is 12.8 Å². The molecule has 1 aliphatic heterocycles. The van der Waals surface area contributed by atoms with Crippen LogP contribution in [0.5, 0.6) is 5.75 Å². The molecule has 2 aromatic carbocycles. The average Bonchev–Trinajstić information content (AvgIpc) is 2.77. The second kappa shape index (κ2) is 9.44. The van der Waals surface area contributed by atoms with E-state index in [0.717, 1.165) is 22.1 Å². The molecular weight excluding hydrogens is 409 g/mol. The van der Waals surface area contributed by atoms with E-state index in [-0.39, 0.29) is 29.6 Å². The van der Waals surface area contributed by atoms with E-state index in [2.05, 4.69) is 4.90 Å². The minimum atomic E-state index is -4.09. The van der Waals surface area contributed by atoms with Crippen molar-refractivity contribution in [2.75, 3.05) is 51.3 Å². The zero-order valence-electron chi connectivity index (χ0n) is 17.1. The van der Waals surface area contributed by atoms with Crippen molar-refractivity contribution in [1.29, 1.82) is 0 Å². The van der Waals surface area contributed by atoms with Crippen LogP contribution in [0.4, 0.5) is 10.1 Å². The Morgan fingerprint density at radius 2 is 1.77 bits per heavy atom. The van der Waals surface area contributed by atoms with Gasteiger partial charge in [0.15, 0.2) is 0 Å². The summed E-state index contributed by atoms with van der Waals surface area (Å²) in [7, 11) is -2.77. The number of amides is 1. The standard InChI is InChI=1S/C21H26FN3O4S/c1-3-25(30(27,28)20-15-17(22)9-10-19(20)29-2)16-21(26)24-13-11-23(12-14-24)18-7-5-4-6-8-18/h4-10,15H,3,11-14,16H2,1-2H3. The van der Waals surface area contributed by atoms with Gasteiger partial charge in [-0.1, -0.05) is 25.1 Å². The minimum absolute atomic E-state index is 0.0405. The summed E-state index contributed by atoms with van der Waals surface area (Å²) >= 11 is 0. The van der Waals surface area contributed by atoms with Gasteiger partial charge < -0.3 is 14.5 Å². The molecule has 2 aromatic rings. The van der Waals surface area contributed by atoms with E-state index in [0.29, 0.717) is 26.2 Å². The third kappa shape index (κ3) is 4.73. The molecule has 0 saturated carbocycles. The summed E-state index contributed by atoms with van der Waals surface area (Å²) in [5.74, 6) is -0.920. The Kier molecular flexibility index (Phi) is 6.94. The fraction of sp³-hybridized carbons (Fsp3) is 0.381. The van der Waals surface area contributed by atoms with Crippen LogP contribution >= 0.6 is 0 Å². The highest BCUT2D eigenvalue weighted by molar-refractivity contribution is 7.89. The van der Waals surface area contributed by atoms with Crippen LogP contribution in [0.3, 0.4) is 0 Å². The second-order valence-electron chi connectivity index (χ2n) is 6.93. The van der Waals surface area contributed by atoms with Crippen LogP contribution < -0.4 is 9.64 Å². The highest BCUT2D eigenvalue weighted by Gasteiger charge is 2.31. The number of rotatable bonds is 7. The fourth-order valence-corrected chi connectivity index (χ4v) is 5.03. The number of halogens is 1. The van der Waals surface area contributed by atoms with Crippen LogP contribution in [0.2, 0.25) is 0 Å². The maximum Gasteiger partial charge on any atom is 0.247 e. The summed E-state index contributed by atoms with van der Waals surface area (Å²) in [6.07, 6.45) is 0. The number of anilines is 1. The van der Waals surface area contributed by atoms with E-state index in [1.165, 1.54) is 13.2 Å². The quantitative estimate of drug-likeness (QED) is 0.667. The Bertz CT molecular complexity index is 977. The van der Waals surface area contributed by atoms with Crippen LogP contribution in [0.25, 0.3) is 0 Å². The lowest BCUT2D eigenvalue weighted by molar-refractivity contribution is -0.131. The van der Waals surface area contributed by atoms with Gasteiger partial charge in [0.25, 0.3) is 0 Å². The Balaban J connectivity index is 1.69. The summed E-state index contributed by atoms with van der Waals surface area (Å²) in [4.78, 5) is 16.4. The Morgan fingerprint density at radius 1 is 1.10 bits per heavy atom. The van der Waals surface area contributed by atoms with Crippen molar-refractivity contribution in [3.8, 4) is 5.75 Å². The molecule has 1 aliphatic rings. The van der Waals surface area contributed by atoms with Crippen LogP contribution in [-0.4, -0.2) is 69.9 Å². The third-order valence-electron chi connectivity index (χ3n) is 5.16. The molecule has 0 bridgehead atoms. The first-order valence-corrected chi connectivity index (χ1v) is 11.2. The number of likely N-dealkylation sites (N-methyl/N-ethyl adjacent to an activating group) is 1. The van der Waals surface area contributed by atoms with Gasteiger partial charge in [0.05, 0.1) is 13.7 Å². The zero-order chi connectivity index (χ0) is 21.7. The van der Waals surface area contributed by atoms with Gasteiger partial charge in [-0.05, 0) is 30.3 Å². The number of benzene rings is 2. The van der Waals surface area contributed by atoms with Gasteiger partial charge in [0.1, 0.15) is 16.5 Å². The monoisotopic (exact) mass is 435 g/mol. The number of piperazine rings is 1. The van der Waals surface area contributed by atoms with Crippen LogP contribution in [0.1, 0.15) is 6.92 Å². The van der Waals surface area contributed by atoms with Gasteiger partial charge in [-0.2, -0.15) is 4.31 Å². The zero-order valence-corrected chi connectivity index (χ0v) is 17.9. The van der Waals surface area contributed by atoms with Crippen LogP contribution in [0, 0.1) is 5.82 Å². The first kappa shape index (κ1) is 22.0. The summed E-state index contributed by atoms with van der Waals surface area (Å²) in [5, 5.41) is 0. The molecule has 1 saturated heterocycles. The summed E-state index contributed by atoms with van der Waals surface area (Å²) in [6.45, 7) is 3.79. The van der Waals surface area contributed by atoms with E-state index in [9.17, 15) is 17.6 Å². The van der Waals surface area contributed by atoms with Crippen molar-refractivity contribution in [1.82, 2.24) is 9.21 Å². The van der Waals surface area contributed by atoms with Gasteiger partial charge in [0.2, 0.25) is 15.9 Å². The summed E-state index contributed by atoms with van der Waals surface area (Å²) in [5.41, 5.74) is 1.10. The number of para-hydroxylation sites is 1. The van der Waals surface area contributed by atoms with Gasteiger partial charge in [0, 0.05) is 38.4 Å². The highest BCUT2D eigenvalue weighted by atomic mass is 32.2. The topological polar surface area (TPSA) is 70.2 Å². The van der Waals surface area contributed by atoms with E-state index in [4.69, 9.17) is 4.74 Å². The lowest BCUT2D eigenvalue weighted by Gasteiger charge is -2.36. The predicted octanol–water partition coefficient (Wildman–Crippen LogP) is 2.19. The van der Waals surface area contributed by atoms with Crippen molar-refractivity contribution in [3.05, 3.63) is 54.3 Å². The molecule has 162 valence electrons. The number of methoxy groups -OCH3 is 1. The number of hydrogen-bond donors (Lipinski definition) is 0. The predicted molar refractivity (Wildman–Crippen MR) is 113 cm³/mol. The number of nitrogens with zero attached hydrogens (tertiary/aromatic N) is 3. The molecule has 0 radical (unpaired) electrons. The second-order valence-corrected chi connectivity index (χ2v) is 8.84. The Morgan fingerprint density at radius 3 is 2.37 bits per heavy atom. The summed E-state index contributed by atoms with van der Waals surface area (Å²) < 4.78 is 45.9. The Labute approximate surface area is 176 Å². The highest BCUT2D eigenvalue weighted by Crippen LogP contribution is 2.27. The third-order valence-corrected chi connectivity index (χ3v) is 7.10. The molecular formula is C21H26FN3O4S. The molecule has 9 heteroatoms. The largest absolute Gasteiger partial charge is 0.495 e. The number of carbonyl (C=O) groups excluding carboxylic acids is 1. The number of hydrogen-bond acceptors (Lipinski definition) is 5. The van der Waals surface area contributed by atoms with Crippen molar-refractivity contribution in [2.24, 2.45) is 0 Å². The lowest BCUT2D eigenvalue weighted by Crippen LogP contribution is -2.51. The first-order chi connectivity index (χ1) is 14.4. The average molecular weight is 436 g/mol. The number of ether oxygens (including phenoxy) is 1.